The van der Waals surface area contributed by atoms with Crippen molar-refractivity contribution in [1.29, 1.82) is 0 Å². The van der Waals surface area contributed by atoms with Gasteiger partial charge >= 0.3 is 0 Å². The van der Waals surface area contributed by atoms with Crippen molar-refractivity contribution in [3.8, 4) is 17.0 Å². The molecule has 1 fully saturated rings. The van der Waals surface area contributed by atoms with Crippen molar-refractivity contribution in [3.05, 3.63) is 159 Å². The number of nitrogens with zero attached hydrogens (tertiary/aromatic N) is 5. The van der Waals surface area contributed by atoms with Crippen molar-refractivity contribution in [2.45, 2.75) is 135 Å². The van der Waals surface area contributed by atoms with Crippen LogP contribution in [0.5, 0.6) is 5.75 Å². The number of halogens is 1. The van der Waals surface area contributed by atoms with Gasteiger partial charge in [-0.05, 0) is 142 Å². The molecule has 8 aromatic rings. The normalized spacial score (nSPS) is 14.9. The summed E-state index contributed by atoms with van der Waals surface area (Å²) in [5.74, 6) is -0.0583. The van der Waals surface area contributed by atoms with Crippen molar-refractivity contribution < 1.29 is 40.8 Å². The number of amides is 4. The molecule has 4 N–H and O–H groups in total. The highest BCUT2D eigenvalue weighted by molar-refractivity contribution is 7.89. The molecule has 0 saturated carbocycles. The fraction of sp³-hybridized carbons (Fsp3) is 0.375. The Morgan fingerprint density at radius 3 is 2.03 bits per heavy atom. The van der Waals surface area contributed by atoms with Gasteiger partial charge in [0.25, 0.3) is 5.91 Å². The number of rotatable bonds is 19. The van der Waals surface area contributed by atoms with Crippen molar-refractivity contribution in [1.82, 2.24) is 39.3 Å². The van der Waals surface area contributed by atoms with E-state index < -0.39 is 32.1 Å². The van der Waals surface area contributed by atoms with Crippen molar-refractivity contribution in [2.24, 2.45) is 11.8 Å². The van der Waals surface area contributed by atoms with E-state index in [0.29, 0.717) is 37.0 Å². The molecule has 0 spiro atoms. The highest BCUT2D eigenvalue weighted by Gasteiger charge is 2.32. The molecular formula is C64H76ClN9O9S4. The number of hydrogen-bond donors (Lipinski definition) is 4. The molecular weight excluding hydrogens is 1200 g/mol. The molecule has 4 amide bonds. The van der Waals surface area contributed by atoms with Gasteiger partial charge in [0.05, 0.1) is 37.8 Å². The molecule has 2 aliphatic heterocycles. The summed E-state index contributed by atoms with van der Waals surface area (Å²) in [4.78, 5) is 65.1. The molecule has 3 atom stereocenters. The van der Waals surface area contributed by atoms with Crippen LogP contribution in [0, 0.1) is 25.7 Å². The van der Waals surface area contributed by atoms with Crippen LogP contribution in [-0.4, -0.2) is 98.1 Å². The molecule has 87 heavy (non-hydrogen) atoms. The van der Waals surface area contributed by atoms with Gasteiger partial charge in [0.1, 0.15) is 22.7 Å². The van der Waals surface area contributed by atoms with Crippen LogP contribution in [0.3, 0.4) is 0 Å². The first-order valence-electron chi connectivity index (χ1n) is 29.1. The van der Waals surface area contributed by atoms with Crippen LogP contribution in [0.25, 0.3) is 26.4 Å². The quantitative estimate of drug-likeness (QED) is 0.0595. The Balaban J connectivity index is 0.000000170. The number of aromatic nitrogens is 3. The van der Waals surface area contributed by atoms with E-state index in [-0.39, 0.29) is 51.8 Å². The molecule has 3 aromatic heterocycles. The standard InChI is InChI=1S/C23H28ClN3O4S.C21H25N3O4S2.C20H23N3OS/c1-15(2)12-21(23(29)25-14-17-4-6-19(24)7-5-17)26-32(30,31)20-8-9-22-18(13-20)10-11-27(22)16(3)28;1-13(2)20(21(25)22-12-15-5-7-16(28-4)8-6-15)24-30(26,27)17-9-10-18-19(11-17)29-14(3)23-18;1-3-16-11-7-8-12-22(16)19(24)18-14(2)23-13-17(21-20(23)25-18)15-9-5-4-6-10-15/h4-9,13,15,21,26H,10-12,14H2,1-3H3,(H,25,29);5-11,13,20,24H,12H2,1-4H3,(H,22,25);4-6,9-10,13,16H,3,7-8,11-12H2,1-2H3. The molecule has 1 saturated heterocycles. The Labute approximate surface area is 523 Å². The third-order valence-corrected chi connectivity index (χ3v) is 20.4. The molecule has 10 rings (SSSR count). The number of imidazole rings is 1. The number of methoxy groups -OCH3 is 1. The summed E-state index contributed by atoms with van der Waals surface area (Å²) >= 11 is 8.83. The Morgan fingerprint density at radius 1 is 0.759 bits per heavy atom. The number of aryl methyl sites for hydroxylation is 2. The number of carbonyl (C=O) groups is 4. The number of hydrogen-bond acceptors (Lipinski definition) is 13. The van der Waals surface area contributed by atoms with Gasteiger partial charge in [-0.25, -0.2) is 26.8 Å². The highest BCUT2D eigenvalue weighted by Crippen LogP contribution is 2.33. The molecule has 5 aromatic carbocycles. The minimum Gasteiger partial charge on any atom is -0.497 e. The molecule has 5 heterocycles. The Hall–Kier alpha value is -7.05. The van der Waals surface area contributed by atoms with Crippen molar-refractivity contribution in [3.63, 3.8) is 0 Å². The topological polar surface area (TPSA) is 231 Å². The second kappa shape index (κ2) is 29.3. The predicted molar refractivity (Wildman–Crippen MR) is 345 cm³/mol. The summed E-state index contributed by atoms with van der Waals surface area (Å²) in [7, 11) is -6.21. The lowest BCUT2D eigenvalue weighted by molar-refractivity contribution is -0.124. The highest BCUT2D eigenvalue weighted by atomic mass is 35.5. The number of benzene rings is 5. The second-order valence-corrected chi connectivity index (χ2v) is 28.4. The van der Waals surface area contributed by atoms with Crippen LogP contribution in [0.1, 0.15) is 111 Å². The van der Waals surface area contributed by atoms with Crippen LogP contribution in [0.4, 0.5) is 5.69 Å². The predicted octanol–water partition coefficient (Wildman–Crippen LogP) is 11.3. The first-order chi connectivity index (χ1) is 41.4. The summed E-state index contributed by atoms with van der Waals surface area (Å²) in [5, 5.41) is 7.08. The largest absolute Gasteiger partial charge is 0.497 e. The van der Waals surface area contributed by atoms with Crippen LogP contribution < -0.4 is 29.7 Å². The maximum absolute atomic E-state index is 13.1. The van der Waals surface area contributed by atoms with E-state index in [9.17, 15) is 36.0 Å². The van der Waals surface area contributed by atoms with E-state index in [1.165, 1.54) is 48.2 Å². The maximum atomic E-state index is 13.1. The average molecular weight is 1280 g/mol. The first kappa shape index (κ1) is 65.9. The molecule has 2 aliphatic rings. The van der Waals surface area contributed by atoms with Crippen LogP contribution in [0.2, 0.25) is 5.02 Å². The Bertz CT molecular complexity index is 3950. The average Bonchev–Trinajstić information content (AvgIpc) is 2.03. The van der Waals surface area contributed by atoms with Crippen LogP contribution >= 0.6 is 34.3 Å². The van der Waals surface area contributed by atoms with Crippen molar-refractivity contribution >= 4 is 98.8 Å². The number of sulfonamides is 2. The zero-order valence-electron chi connectivity index (χ0n) is 50.4. The molecule has 0 aliphatic carbocycles. The summed E-state index contributed by atoms with van der Waals surface area (Å²) in [5.41, 5.74) is 7.11. The van der Waals surface area contributed by atoms with E-state index in [2.05, 4.69) is 53.4 Å². The first-order valence-corrected chi connectivity index (χ1v) is 34.0. The lowest BCUT2D eigenvalue weighted by Gasteiger charge is -2.35. The number of anilines is 1. The number of likely N-dealkylation sites (tertiary alicyclic amines) is 1. The van der Waals surface area contributed by atoms with Gasteiger partial charge in [-0.2, -0.15) is 9.44 Å². The van der Waals surface area contributed by atoms with E-state index in [1.807, 2.05) is 64.2 Å². The SMILES string of the molecule is CC(=O)N1CCc2cc(S(=O)(=O)NC(CC(C)C)C(=O)NCc3ccc(Cl)cc3)ccc21.CCC1CCCCN1C(=O)c1sc2nc(-c3ccccc3)cn2c1C.COc1ccc(CNC(=O)C(NS(=O)(=O)c2ccc3nc(C)sc3c2)C(C)C)cc1. The van der Waals surface area contributed by atoms with Gasteiger partial charge in [-0.1, -0.05) is 112 Å². The molecule has 0 radical (unpaired) electrons. The third-order valence-electron chi connectivity index (χ3n) is 15.2. The Kier molecular flexibility index (Phi) is 22.2. The van der Waals surface area contributed by atoms with Gasteiger partial charge in [0.2, 0.25) is 37.8 Å². The molecule has 462 valence electrons. The molecule has 0 bridgehead atoms. The van der Waals surface area contributed by atoms with Gasteiger partial charge in [0.15, 0.2) is 4.96 Å². The molecule has 18 nitrogen and oxygen atoms in total. The summed E-state index contributed by atoms with van der Waals surface area (Å²) in [6, 6.07) is 32.6. The number of piperidine rings is 1. The lowest BCUT2D eigenvalue weighted by atomic mass is 10.00. The zero-order valence-corrected chi connectivity index (χ0v) is 54.4. The minimum atomic E-state index is -3.93. The minimum absolute atomic E-state index is 0.0770. The van der Waals surface area contributed by atoms with E-state index in [4.69, 9.17) is 21.3 Å². The maximum Gasteiger partial charge on any atom is 0.266 e. The Morgan fingerprint density at radius 2 is 1.40 bits per heavy atom. The number of thiazole rings is 2. The van der Waals surface area contributed by atoms with Crippen LogP contribution in [-0.2, 0) is 53.9 Å². The number of ether oxygens (including phenoxy) is 1. The van der Waals surface area contributed by atoms with E-state index in [1.54, 1.807) is 86.5 Å². The smallest absolute Gasteiger partial charge is 0.266 e. The second-order valence-electron chi connectivity index (χ2n) is 22.3. The van der Waals surface area contributed by atoms with E-state index >= 15 is 0 Å². The number of carbonyl (C=O) groups excluding carboxylic acids is 4. The van der Waals surface area contributed by atoms with Gasteiger partial charge in [-0.3, -0.25) is 23.6 Å². The fourth-order valence-corrected chi connectivity index (χ4v) is 15.2. The van der Waals surface area contributed by atoms with Crippen LogP contribution in [0.15, 0.2) is 131 Å². The molecule has 23 heteroatoms. The lowest BCUT2D eigenvalue weighted by Crippen LogP contribution is -2.49. The fourth-order valence-electron chi connectivity index (χ4n) is 10.4. The summed E-state index contributed by atoms with van der Waals surface area (Å²) in [6.07, 6.45) is 7.50. The van der Waals surface area contributed by atoms with Gasteiger partial charge < -0.3 is 25.2 Å². The third kappa shape index (κ3) is 16.8. The summed E-state index contributed by atoms with van der Waals surface area (Å²) < 4.78 is 65.1. The van der Waals surface area contributed by atoms with Gasteiger partial charge in [-0.15, -0.1) is 11.3 Å². The number of fused-ring (bicyclic) bond motifs is 3. The molecule has 3 unspecified atom stereocenters. The zero-order chi connectivity index (χ0) is 62.7. The van der Waals surface area contributed by atoms with Gasteiger partial charge in [0, 0.05) is 67.3 Å². The van der Waals surface area contributed by atoms with E-state index in [0.717, 1.165) is 95.9 Å². The number of nitrogens with one attached hydrogen (secondary N) is 4. The van der Waals surface area contributed by atoms with Crippen molar-refractivity contribution in [2.75, 3.05) is 25.1 Å². The monoisotopic (exact) mass is 1280 g/mol. The summed E-state index contributed by atoms with van der Waals surface area (Å²) in [6.45, 7) is 17.0.